The number of benzene rings is 1. The third kappa shape index (κ3) is 4.50. The second-order valence-corrected chi connectivity index (χ2v) is 8.42. The van der Waals surface area contributed by atoms with Crippen molar-refractivity contribution in [2.45, 2.75) is 58.4 Å². The van der Waals surface area contributed by atoms with E-state index < -0.39 is 0 Å². The Labute approximate surface area is 160 Å². The molecule has 3 nitrogen and oxygen atoms in total. The van der Waals surface area contributed by atoms with Crippen LogP contribution >= 0.6 is 23.6 Å². The molecule has 1 aliphatic rings. The number of thiazole rings is 1. The smallest absolute Gasteiger partial charge is 0.169 e. The maximum absolute atomic E-state index is 5.74. The van der Waals surface area contributed by atoms with E-state index in [9.17, 15) is 0 Å². The van der Waals surface area contributed by atoms with Crippen molar-refractivity contribution in [1.82, 2.24) is 15.2 Å². The van der Waals surface area contributed by atoms with Crippen molar-refractivity contribution in [2.24, 2.45) is 5.92 Å². The van der Waals surface area contributed by atoms with Crippen molar-refractivity contribution in [3.8, 4) is 0 Å². The Hall–Kier alpha value is -1.20. The van der Waals surface area contributed by atoms with Gasteiger partial charge in [-0.1, -0.05) is 45.2 Å². The van der Waals surface area contributed by atoms with E-state index in [2.05, 4.69) is 48.3 Å². The van der Waals surface area contributed by atoms with Gasteiger partial charge in [-0.3, -0.25) is 0 Å². The summed E-state index contributed by atoms with van der Waals surface area (Å²) in [5.41, 5.74) is 1.11. The van der Waals surface area contributed by atoms with Crippen molar-refractivity contribution in [3.63, 3.8) is 0 Å². The minimum Gasteiger partial charge on any atom is -0.362 e. The first-order valence-corrected chi connectivity index (χ1v) is 10.8. The second kappa shape index (κ2) is 8.95. The maximum atomic E-state index is 5.74. The van der Waals surface area contributed by atoms with E-state index in [-0.39, 0.29) is 0 Å². The number of para-hydroxylation sites is 1. The second-order valence-electron chi connectivity index (χ2n) is 6.97. The molecule has 136 valence electrons. The zero-order chi connectivity index (χ0) is 17.6. The van der Waals surface area contributed by atoms with Gasteiger partial charge in [0.15, 0.2) is 5.11 Å². The molecule has 1 fully saturated rings. The highest BCUT2D eigenvalue weighted by molar-refractivity contribution is 7.80. The number of unbranched alkanes of at least 4 members (excludes halogenated alkanes) is 1. The largest absolute Gasteiger partial charge is 0.362 e. The van der Waals surface area contributed by atoms with Crippen LogP contribution in [-0.2, 0) is 0 Å². The highest BCUT2D eigenvalue weighted by Crippen LogP contribution is 2.36. The molecule has 2 atom stereocenters. The SMILES string of the molecule is CCCC[C@H](CC)CNC(=S)N1CCC[C@@H]1c1nc2ccccc2s1. The van der Waals surface area contributed by atoms with Crippen LogP contribution in [0.5, 0.6) is 0 Å². The van der Waals surface area contributed by atoms with E-state index in [0.717, 1.165) is 36.1 Å². The first-order valence-electron chi connectivity index (χ1n) is 9.62. The number of fused-ring (bicyclic) bond motifs is 1. The minimum absolute atomic E-state index is 0.341. The lowest BCUT2D eigenvalue weighted by molar-refractivity contribution is 0.380. The van der Waals surface area contributed by atoms with Gasteiger partial charge >= 0.3 is 0 Å². The Kier molecular flexibility index (Phi) is 6.65. The number of likely N-dealkylation sites (tertiary alicyclic amines) is 1. The maximum Gasteiger partial charge on any atom is 0.169 e. The van der Waals surface area contributed by atoms with Crippen LogP contribution in [0.4, 0.5) is 0 Å². The molecular formula is C20H29N3S2. The number of nitrogens with zero attached hydrogens (tertiary/aromatic N) is 2. The molecule has 0 spiro atoms. The molecule has 0 unspecified atom stereocenters. The molecule has 0 aliphatic carbocycles. The van der Waals surface area contributed by atoms with Crippen LogP contribution < -0.4 is 5.32 Å². The van der Waals surface area contributed by atoms with Crippen molar-refractivity contribution < 1.29 is 0 Å². The average molecular weight is 376 g/mol. The Morgan fingerprint density at radius 1 is 1.40 bits per heavy atom. The summed E-state index contributed by atoms with van der Waals surface area (Å²) in [7, 11) is 0. The molecule has 2 aromatic rings. The molecule has 1 N–H and O–H groups in total. The van der Waals surface area contributed by atoms with Crippen LogP contribution in [0.25, 0.3) is 10.2 Å². The van der Waals surface area contributed by atoms with E-state index >= 15 is 0 Å². The molecule has 1 aliphatic heterocycles. The van der Waals surface area contributed by atoms with Gasteiger partial charge in [0.25, 0.3) is 0 Å². The summed E-state index contributed by atoms with van der Waals surface area (Å²) < 4.78 is 1.27. The van der Waals surface area contributed by atoms with Crippen LogP contribution in [0.3, 0.4) is 0 Å². The highest BCUT2D eigenvalue weighted by Gasteiger charge is 2.30. The fraction of sp³-hybridized carbons (Fsp3) is 0.600. The van der Waals surface area contributed by atoms with Crippen molar-refractivity contribution in [3.05, 3.63) is 29.3 Å². The van der Waals surface area contributed by atoms with E-state index in [0.29, 0.717) is 6.04 Å². The lowest BCUT2D eigenvalue weighted by Gasteiger charge is -2.27. The number of rotatable bonds is 7. The molecule has 1 saturated heterocycles. The molecule has 0 bridgehead atoms. The number of hydrogen-bond donors (Lipinski definition) is 1. The third-order valence-electron chi connectivity index (χ3n) is 5.19. The normalized spacial score (nSPS) is 18.6. The van der Waals surface area contributed by atoms with Gasteiger partial charge in [-0.2, -0.15) is 0 Å². The first kappa shape index (κ1) is 18.6. The van der Waals surface area contributed by atoms with Crippen LogP contribution in [0.2, 0.25) is 0 Å². The van der Waals surface area contributed by atoms with Gasteiger partial charge in [-0.05, 0) is 49.5 Å². The Morgan fingerprint density at radius 2 is 2.24 bits per heavy atom. The van der Waals surface area contributed by atoms with Crippen molar-refractivity contribution in [2.75, 3.05) is 13.1 Å². The number of aromatic nitrogens is 1. The molecule has 1 aromatic heterocycles. The molecule has 0 amide bonds. The molecular weight excluding hydrogens is 346 g/mol. The van der Waals surface area contributed by atoms with Crippen molar-refractivity contribution >= 4 is 38.9 Å². The molecule has 25 heavy (non-hydrogen) atoms. The Morgan fingerprint density at radius 3 is 3.00 bits per heavy atom. The van der Waals surface area contributed by atoms with Crippen LogP contribution in [0.15, 0.2) is 24.3 Å². The predicted molar refractivity (Wildman–Crippen MR) is 112 cm³/mol. The topological polar surface area (TPSA) is 28.2 Å². The summed E-state index contributed by atoms with van der Waals surface area (Å²) >= 11 is 7.56. The molecule has 2 heterocycles. The summed E-state index contributed by atoms with van der Waals surface area (Å²) in [4.78, 5) is 7.23. The number of thiocarbonyl (C=S) groups is 1. The standard InChI is InChI=1S/C20H29N3S2/c1-3-5-9-15(4-2)14-21-20(24)23-13-8-11-17(23)19-22-16-10-6-7-12-18(16)25-19/h6-7,10,12,15,17H,3-5,8-9,11,13-14H2,1-2H3,(H,21,24)/t15-,17+/m0/s1. The number of nitrogens with one attached hydrogen (secondary N) is 1. The lowest BCUT2D eigenvalue weighted by Crippen LogP contribution is -2.41. The zero-order valence-electron chi connectivity index (χ0n) is 15.3. The van der Waals surface area contributed by atoms with Crippen LogP contribution in [0.1, 0.15) is 63.4 Å². The summed E-state index contributed by atoms with van der Waals surface area (Å²) in [6, 6.07) is 8.75. The monoisotopic (exact) mass is 375 g/mol. The van der Waals surface area contributed by atoms with Gasteiger partial charge in [0.1, 0.15) is 5.01 Å². The van der Waals surface area contributed by atoms with Gasteiger partial charge in [0.05, 0.1) is 16.3 Å². The Balaban J connectivity index is 1.63. The summed E-state index contributed by atoms with van der Waals surface area (Å²) in [6.07, 6.45) is 7.43. The van der Waals surface area contributed by atoms with E-state index in [1.54, 1.807) is 0 Å². The molecule has 5 heteroatoms. The van der Waals surface area contributed by atoms with Crippen LogP contribution in [0, 0.1) is 5.92 Å². The summed E-state index contributed by atoms with van der Waals surface area (Å²) in [5.74, 6) is 0.724. The van der Waals surface area contributed by atoms with Crippen molar-refractivity contribution in [1.29, 1.82) is 0 Å². The fourth-order valence-electron chi connectivity index (χ4n) is 3.58. The van der Waals surface area contributed by atoms with E-state index in [4.69, 9.17) is 17.2 Å². The Bertz CT molecular complexity index is 664. The summed E-state index contributed by atoms with van der Waals surface area (Å²) in [6.45, 7) is 6.58. The van der Waals surface area contributed by atoms with Gasteiger partial charge in [0, 0.05) is 13.1 Å². The molecule has 0 radical (unpaired) electrons. The zero-order valence-corrected chi connectivity index (χ0v) is 17.0. The highest BCUT2D eigenvalue weighted by atomic mass is 32.1. The predicted octanol–water partition coefficient (Wildman–Crippen LogP) is 5.52. The van der Waals surface area contributed by atoms with Gasteiger partial charge < -0.3 is 10.2 Å². The van der Waals surface area contributed by atoms with Crippen LogP contribution in [-0.4, -0.2) is 28.1 Å². The fourth-order valence-corrected chi connectivity index (χ4v) is 4.99. The molecule has 0 saturated carbocycles. The van der Waals surface area contributed by atoms with Gasteiger partial charge in [-0.25, -0.2) is 4.98 Å². The molecule has 3 rings (SSSR count). The third-order valence-corrected chi connectivity index (χ3v) is 6.71. The quantitative estimate of drug-likeness (QED) is 0.645. The lowest BCUT2D eigenvalue weighted by atomic mass is 9.99. The van der Waals surface area contributed by atoms with E-state index in [1.165, 1.54) is 41.8 Å². The van der Waals surface area contributed by atoms with Gasteiger partial charge in [0.2, 0.25) is 0 Å². The molecule has 1 aromatic carbocycles. The average Bonchev–Trinajstić information content (AvgIpc) is 3.28. The first-order chi connectivity index (χ1) is 12.2. The summed E-state index contributed by atoms with van der Waals surface area (Å²) in [5, 5.41) is 5.67. The van der Waals surface area contributed by atoms with Gasteiger partial charge in [-0.15, -0.1) is 11.3 Å². The number of hydrogen-bond acceptors (Lipinski definition) is 3. The van der Waals surface area contributed by atoms with E-state index in [1.807, 2.05) is 11.3 Å². The minimum atomic E-state index is 0.341.